The SMILES string of the molecule is COc1ccc(C(=O)C23CC(C)CCC2C3(C)C)c(O)c1. The van der Waals surface area contributed by atoms with Crippen molar-refractivity contribution >= 4 is 5.78 Å². The first kappa shape index (κ1) is 14.4. The molecule has 0 saturated heterocycles. The highest BCUT2D eigenvalue weighted by Gasteiger charge is 2.75. The van der Waals surface area contributed by atoms with Crippen LogP contribution in [0.25, 0.3) is 0 Å². The Bertz CT molecular complexity index is 590. The summed E-state index contributed by atoms with van der Waals surface area (Å²) in [6.07, 6.45) is 3.27. The van der Waals surface area contributed by atoms with Gasteiger partial charge in [-0.3, -0.25) is 4.79 Å². The first-order valence-electron chi connectivity index (χ1n) is 7.76. The van der Waals surface area contributed by atoms with Crippen LogP contribution in [-0.2, 0) is 0 Å². The molecular formula is C18H24O3. The molecular weight excluding hydrogens is 264 g/mol. The van der Waals surface area contributed by atoms with Gasteiger partial charge in [-0.05, 0) is 42.2 Å². The van der Waals surface area contributed by atoms with Crippen LogP contribution >= 0.6 is 0 Å². The highest BCUT2D eigenvalue weighted by molar-refractivity contribution is 6.05. The van der Waals surface area contributed by atoms with Gasteiger partial charge in [-0.15, -0.1) is 0 Å². The third-order valence-electron chi connectivity index (χ3n) is 6.01. The number of hydrogen-bond donors (Lipinski definition) is 1. The van der Waals surface area contributed by atoms with Gasteiger partial charge in [0, 0.05) is 11.5 Å². The van der Waals surface area contributed by atoms with Crippen molar-refractivity contribution in [1.82, 2.24) is 0 Å². The van der Waals surface area contributed by atoms with E-state index in [4.69, 9.17) is 4.74 Å². The molecule has 114 valence electrons. The van der Waals surface area contributed by atoms with Crippen molar-refractivity contribution in [2.24, 2.45) is 22.7 Å². The number of phenols is 1. The number of aromatic hydroxyl groups is 1. The lowest BCUT2D eigenvalue weighted by atomic mass is 9.76. The summed E-state index contributed by atoms with van der Waals surface area (Å²) in [6.45, 7) is 6.63. The van der Waals surface area contributed by atoms with Gasteiger partial charge >= 0.3 is 0 Å². The molecule has 2 aliphatic rings. The number of ether oxygens (including phenoxy) is 1. The topological polar surface area (TPSA) is 46.5 Å². The molecule has 0 spiro atoms. The van der Waals surface area contributed by atoms with Crippen molar-refractivity contribution in [2.45, 2.75) is 40.0 Å². The van der Waals surface area contributed by atoms with Gasteiger partial charge in [0.25, 0.3) is 0 Å². The predicted molar refractivity (Wildman–Crippen MR) is 81.7 cm³/mol. The monoisotopic (exact) mass is 288 g/mol. The minimum Gasteiger partial charge on any atom is -0.507 e. The number of hydrogen-bond acceptors (Lipinski definition) is 3. The fourth-order valence-corrected chi connectivity index (χ4v) is 4.70. The van der Waals surface area contributed by atoms with E-state index in [0.717, 1.165) is 12.8 Å². The van der Waals surface area contributed by atoms with E-state index in [2.05, 4.69) is 20.8 Å². The average molecular weight is 288 g/mol. The summed E-state index contributed by atoms with van der Waals surface area (Å²) in [5, 5.41) is 10.2. The Morgan fingerprint density at radius 2 is 2.05 bits per heavy atom. The molecule has 3 unspecified atom stereocenters. The summed E-state index contributed by atoms with van der Waals surface area (Å²) >= 11 is 0. The van der Waals surface area contributed by atoms with E-state index in [9.17, 15) is 9.90 Å². The Kier molecular flexibility index (Phi) is 3.09. The van der Waals surface area contributed by atoms with Gasteiger partial charge in [0.2, 0.25) is 0 Å². The van der Waals surface area contributed by atoms with Gasteiger partial charge in [-0.25, -0.2) is 0 Å². The van der Waals surface area contributed by atoms with E-state index in [1.54, 1.807) is 19.2 Å². The molecule has 3 atom stereocenters. The summed E-state index contributed by atoms with van der Waals surface area (Å²) in [7, 11) is 1.55. The second kappa shape index (κ2) is 4.49. The van der Waals surface area contributed by atoms with Crippen LogP contribution in [-0.4, -0.2) is 18.0 Å². The fraction of sp³-hybridized carbons (Fsp3) is 0.611. The van der Waals surface area contributed by atoms with Crippen molar-refractivity contribution in [3.63, 3.8) is 0 Å². The van der Waals surface area contributed by atoms with Gasteiger partial charge < -0.3 is 9.84 Å². The second-order valence-corrected chi connectivity index (χ2v) is 7.34. The molecule has 0 aromatic heterocycles. The predicted octanol–water partition coefficient (Wildman–Crippen LogP) is 4.05. The van der Waals surface area contributed by atoms with E-state index in [1.165, 1.54) is 12.5 Å². The lowest BCUT2D eigenvalue weighted by Crippen LogP contribution is -2.27. The Morgan fingerprint density at radius 3 is 2.67 bits per heavy atom. The highest BCUT2D eigenvalue weighted by Crippen LogP contribution is 2.76. The van der Waals surface area contributed by atoms with Gasteiger partial charge in [-0.1, -0.05) is 27.2 Å². The number of ketones is 1. The molecule has 2 saturated carbocycles. The Labute approximate surface area is 126 Å². The largest absolute Gasteiger partial charge is 0.507 e. The molecule has 0 aliphatic heterocycles. The Hall–Kier alpha value is -1.51. The maximum Gasteiger partial charge on any atom is 0.173 e. The average Bonchev–Trinajstić information content (AvgIpc) is 2.94. The van der Waals surface area contributed by atoms with Crippen LogP contribution in [0.1, 0.15) is 50.4 Å². The molecule has 3 heteroatoms. The van der Waals surface area contributed by atoms with E-state index < -0.39 is 0 Å². The molecule has 2 fully saturated rings. The number of phenolic OH excluding ortho intramolecular Hbond substituents is 1. The first-order valence-corrected chi connectivity index (χ1v) is 7.76. The van der Waals surface area contributed by atoms with Gasteiger partial charge in [0.15, 0.2) is 5.78 Å². The van der Waals surface area contributed by atoms with Crippen molar-refractivity contribution in [3.8, 4) is 11.5 Å². The van der Waals surface area contributed by atoms with Gasteiger partial charge in [0.1, 0.15) is 11.5 Å². The summed E-state index contributed by atoms with van der Waals surface area (Å²) in [5.41, 5.74) is 0.207. The Morgan fingerprint density at radius 1 is 1.33 bits per heavy atom. The van der Waals surface area contributed by atoms with Crippen molar-refractivity contribution in [1.29, 1.82) is 0 Å². The summed E-state index contributed by atoms with van der Waals surface area (Å²) in [6, 6.07) is 4.98. The van der Waals surface area contributed by atoms with E-state index in [-0.39, 0.29) is 22.4 Å². The van der Waals surface area contributed by atoms with E-state index >= 15 is 0 Å². The molecule has 2 aliphatic carbocycles. The third-order valence-corrected chi connectivity index (χ3v) is 6.01. The fourth-order valence-electron chi connectivity index (χ4n) is 4.70. The summed E-state index contributed by atoms with van der Waals surface area (Å²) in [4.78, 5) is 13.1. The molecule has 1 aromatic rings. The molecule has 0 heterocycles. The lowest BCUT2D eigenvalue weighted by molar-refractivity contribution is 0.0807. The van der Waals surface area contributed by atoms with E-state index in [1.807, 2.05) is 0 Å². The van der Waals surface area contributed by atoms with Crippen LogP contribution in [0.15, 0.2) is 18.2 Å². The molecule has 3 rings (SSSR count). The van der Waals surface area contributed by atoms with Crippen molar-refractivity contribution in [3.05, 3.63) is 23.8 Å². The highest BCUT2D eigenvalue weighted by atomic mass is 16.5. The zero-order valence-corrected chi connectivity index (χ0v) is 13.3. The maximum atomic E-state index is 13.1. The smallest absolute Gasteiger partial charge is 0.173 e. The molecule has 1 N–H and O–H groups in total. The second-order valence-electron chi connectivity index (χ2n) is 7.34. The van der Waals surface area contributed by atoms with Crippen LogP contribution in [0.3, 0.4) is 0 Å². The molecule has 3 nitrogen and oxygen atoms in total. The number of rotatable bonds is 3. The minimum absolute atomic E-state index is 0.0356. The lowest BCUT2D eigenvalue weighted by Gasteiger charge is -2.27. The minimum atomic E-state index is -0.281. The number of fused-ring (bicyclic) bond motifs is 1. The Balaban J connectivity index is 1.98. The molecule has 21 heavy (non-hydrogen) atoms. The van der Waals surface area contributed by atoms with Crippen LogP contribution in [0.5, 0.6) is 11.5 Å². The number of carbonyl (C=O) groups excluding carboxylic acids is 1. The number of benzene rings is 1. The van der Waals surface area contributed by atoms with E-state index in [0.29, 0.717) is 23.1 Å². The van der Waals surface area contributed by atoms with Gasteiger partial charge in [0.05, 0.1) is 12.7 Å². The number of methoxy groups -OCH3 is 1. The van der Waals surface area contributed by atoms with Crippen molar-refractivity contribution < 1.29 is 14.6 Å². The zero-order valence-electron chi connectivity index (χ0n) is 13.3. The number of Topliss-reactive ketones (excluding diaryl/α,β-unsaturated/α-hetero) is 1. The summed E-state index contributed by atoms with van der Waals surface area (Å²) in [5.74, 6) is 1.75. The normalized spacial score (nSPS) is 33.1. The third kappa shape index (κ3) is 1.82. The molecule has 0 bridgehead atoms. The zero-order chi connectivity index (χ0) is 15.4. The maximum absolute atomic E-state index is 13.1. The quantitative estimate of drug-likeness (QED) is 0.854. The molecule has 0 amide bonds. The van der Waals surface area contributed by atoms with Gasteiger partial charge in [-0.2, -0.15) is 0 Å². The van der Waals surface area contributed by atoms with Crippen molar-refractivity contribution in [2.75, 3.05) is 7.11 Å². The van der Waals surface area contributed by atoms with Crippen LogP contribution in [0.4, 0.5) is 0 Å². The standard InChI is InChI=1S/C18H24O3/c1-11-5-8-15-17(2,3)18(15,10-11)16(20)13-7-6-12(21-4)9-14(13)19/h6-7,9,11,15,19H,5,8,10H2,1-4H3. The van der Waals surface area contributed by atoms with Crippen LogP contribution < -0.4 is 4.74 Å². The molecule has 1 aromatic carbocycles. The summed E-state index contributed by atoms with van der Waals surface area (Å²) < 4.78 is 5.10. The molecule has 0 radical (unpaired) electrons. The van der Waals surface area contributed by atoms with Crippen LogP contribution in [0, 0.1) is 22.7 Å². The van der Waals surface area contributed by atoms with Crippen LogP contribution in [0.2, 0.25) is 0 Å². The number of carbonyl (C=O) groups is 1. The first-order chi connectivity index (χ1) is 9.84.